The summed E-state index contributed by atoms with van der Waals surface area (Å²) in [6.45, 7) is 4.65. The summed E-state index contributed by atoms with van der Waals surface area (Å²) in [6, 6.07) is 12.8. The molecule has 40 heavy (non-hydrogen) atoms. The van der Waals surface area contributed by atoms with E-state index in [2.05, 4.69) is 47.2 Å². The number of benzene rings is 2. The topological polar surface area (TPSA) is 111 Å². The number of rotatable bonds is 11. The Bertz CT molecular complexity index is 1340. The molecule has 1 aromatic heterocycles. The first-order valence-corrected chi connectivity index (χ1v) is 14.7. The molecule has 0 aliphatic carbocycles. The number of hydrogen-bond acceptors (Lipinski definition) is 6. The van der Waals surface area contributed by atoms with E-state index in [-0.39, 0.29) is 17.9 Å². The summed E-state index contributed by atoms with van der Waals surface area (Å²) in [6.07, 6.45) is 4.78. The normalized spacial score (nSPS) is 13.6. The van der Waals surface area contributed by atoms with Crippen LogP contribution in [-0.4, -0.2) is 53.0 Å². The van der Waals surface area contributed by atoms with Gasteiger partial charge in [-0.05, 0) is 70.9 Å². The predicted molar refractivity (Wildman–Crippen MR) is 165 cm³/mol. The Morgan fingerprint density at radius 2 is 1.82 bits per heavy atom. The van der Waals surface area contributed by atoms with Crippen LogP contribution in [0, 0.1) is 0 Å². The molecule has 9 nitrogen and oxygen atoms in total. The summed E-state index contributed by atoms with van der Waals surface area (Å²) < 4.78 is 0.723. The van der Waals surface area contributed by atoms with Crippen LogP contribution < -0.4 is 21.3 Å². The first-order chi connectivity index (χ1) is 19.3. The average molecular weight is 649 g/mol. The van der Waals surface area contributed by atoms with Gasteiger partial charge in [0.25, 0.3) is 0 Å². The van der Waals surface area contributed by atoms with E-state index in [1.54, 1.807) is 12.3 Å². The van der Waals surface area contributed by atoms with E-state index in [0.29, 0.717) is 53.4 Å². The number of carbonyl (C=O) groups is 2. The van der Waals surface area contributed by atoms with E-state index in [9.17, 15) is 9.59 Å². The van der Waals surface area contributed by atoms with Gasteiger partial charge in [0.1, 0.15) is 5.82 Å². The molecule has 1 aliphatic heterocycles. The van der Waals surface area contributed by atoms with Crippen LogP contribution in [0.15, 0.2) is 53.1 Å². The van der Waals surface area contributed by atoms with E-state index in [0.717, 1.165) is 41.7 Å². The van der Waals surface area contributed by atoms with Gasteiger partial charge in [0.2, 0.25) is 11.9 Å². The van der Waals surface area contributed by atoms with Gasteiger partial charge < -0.3 is 26.2 Å². The fourth-order valence-electron chi connectivity index (χ4n) is 4.36. The quantitative estimate of drug-likeness (QED) is 0.166. The van der Waals surface area contributed by atoms with Crippen molar-refractivity contribution in [2.24, 2.45) is 0 Å². The number of anilines is 4. The van der Waals surface area contributed by atoms with Crippen molar-refractivity contribution in [1.82, 2.24) is 20.2 Å². The zero-order valence-corrected chi connectivity index (χ0v) is 25.2. The van der Waals surface area contributed by atoms with Crippen molar-refractivity contribution in [2.75, 3.05) is 42.1 Å². The number of urea groups is 1. The monoisotopic (exact) mass is 647 g/mol. The van der Waals surface area contributed by atoms with Gasteiger partial charge >= 0.3 is 6.03 Å². The van der Waals surface area contributed by atoms with Crippen LogP contribution in [0.3, 0.4) is 0 Å². The van der Waals surface area contributed by atoms with Crippen LogP contribution >= 0.6 is 39.1 Å². The summed E-state index contributed by atoms with van der Waals surface area (Å²) in [5, 5.41) is 13.3. The van der Waals surface area contributed by atoms with E-state index in [1.165, 1.54) is 0 Å². The lowest BCUT2D eigenvalue weighted by Gasteiger charge is -2.16. The SMILES string of the molecule is CC(CC(=O)NCCCNc1nc(Nc2cccc(NC(=O)N3CCCC3)c2)ncc1Br)c1cccc(Cl)c1Cl. The van der Waals surface area contributed by atoms with Gasteiger partial charge in [-0.3, -0.25) is 4.79 Å². The van der Waals surface area contributed by atoms with Gasteiger partial charge in [0, 0.05) is 50.2 Å². The fraction of sp³-hybridized carbons (Fsp3) is 0.357. The average Bonchev–Trinajstić information content (AvgIpc) is 3.47. The molecule has 1 fully saturated rings. The molecule has 1 unspecified atom stereocenters. The third-order valence-corrected chi connectivity index (χ3v) is 7.89. The maximum absolute atomic E-state index is 12.4. The zero-order valence-electron chi connectivity index (χ0n) is 22.1. The van der Waals surface area contributed by atoms with Crippen molar-refractivity contribution in [3.63, 3.8) is 0 Å². The molecule has 212 valence electrons. The molecule has 0 spiro atoms. The lowest BCUT2D eigenvalue weighted by Crippen LogP contribution is -2.32. The van der Waals surface area contributed by atoms with E-state index >= 15 is 0 Å². The minimum atomic E-state index is -0.0859. The van der Waals surface area contributed by atoms with Gasteiger partial charge in [0.15, 0.2) is 0 Å². The molecule has 4 N–H and O–H groups in total. The van der Waals surface area contributed by atoms with Gasteiger partial charge in [-0.2, -0.15) is 4.98 Å². The van der Waals surface area contributed by atoms with Gasteiger partial charge in [-0.15, -0.1) is 0 Å². The molecule has 0 bridgehead atoms. The largest absolute Gasteiger partial charge is 0.369 e. The van der Waals surface area contributed by atoms with Crippen LogP contribution in [0.1, 0.15) is 44.1 Å². The highest BCUT2D eigenvalue weighted by Crippen LogP contribution is 2.32. The Morgan fingerprint density at radius 1 is 1.07 bits per heavy atom. The summed E-state index contributed by atoms with van der Waals surface area (Å²) >= 11 is 15.9. The molecule has 2 aromatic carbocycles. The number of hydrogen-bond donors (Lipinski definition) is 4. The summed E-state index contributed by atoms with van der Waals surface area (Å²) in [5.74, 6) is 0.952. The third-order valence-electron chi connectivity index (χ3n) is 6.48. The summed E-state index contributed by atoms with van der Waals surface area (Å²) in [4.78, 5) is 35.5. The van der Waals surface area contributed by atoms with Crippen LogP contribution in [-0.2, 0) is 4.79 Å². The molecular weight excluding hydrogens is 617 g/mol. The number of aromatic nitrogens is 2. The maximum Gasteiger partial charge on any atom is 0.321 e. The third kappa shape index (κ3) is 8.46. The Labute approximate surface area is 252 Å². The van der Waals surface area contributed by atoms with Gasteiger partial charge in [0.05, 0.1) is 14.5 Å². The van der Waals surface area contributed by atoms with E-state index in [1.807, 2.05) is 48.2 Å². The van der Waals surface area contributed by atoms with Crippen molar-refractivity contribution in [2.45, 2.75) is 38.5 Å². The van der Waals surface area contributed by atoms with Gasteiger partial charge in [-0.1, -0.05) is 48.3 Å². The molecule has 3 amide bonds. The second-order valence-corrected chi connectivity index (χ2v) is 11.2. The molecule has 1 saturated heterocycles. The smallest absolute Gasteiger partial charge is 0.321 e. The number of carbonyl (C=O) groups excluding carboxylic acids is 2. The Balaban J connectivity index is 1.22. The van der Waals surface area contributed by atoms with E-state index < -0.39 is 0 Å². The highest BCUT2D eigenvalue weighted by atomic mass is 79.9. The van der Waals surface area contributed by atoms with Crippen LogP contribution in [0.2, 0.25) is 10.0 Å². The van der Waals surface area contributed by atoms with E-state index in [4.69, 9.17) is 23.2 Å². The lowest BCUT2D eigenvalue weighted by molar-refractivity contribution is -0.121. The second kappa shape index (κ2) is 14.5. The number of halogens is 3. The molecule has 4 rings (SSSR count). The highest BCUT2D eigenvalue weighted by Gasteiger charge is 2.18. The van der Waals surface area contributed by atoms with Crippen molar-refractivity contribution in [1.29, 1.82) is 0 Å². The second-order valence-electron chi connectivity index (χ2n) is 9.60. The standard InChI is InChI=1S/C28H32BrCl2N7O2/c1-18(21-9-5-10-23(30)25(21)31)15-24(39)32-11-6-12-33-26-22(29)17-34-27(37-26)35-19-7-4-8-20(16-19)36-28(40)38-13-2-3-14-38/h4-5,7-10,16-18H,2-3,6,11-15H2,1H3,(H,32,39)(H,36,40)(H2,33,34,35,37). The van der Waals surface area contributed by atoms with Gasteiger partial charge in [-0.25, -0.2) is 9.78 Å². The molecular formula is C28H32BrCl2N7O2. The summed E-state index contributed by atoms with van der Waals surface area (Å²) in [7, 11) is 0. The molecule has 2 heterocycles. The zero-order chi connectivity index (χ0) is 28.5. The van der Waals surface area contributed by atoms with Crippen molar-refractivity contribution in [3.8, 4) is 0 Å². The molecule has 0 saturated carbocycles. The number of amides is 3. The Morgan fingerprint density at radius 3 is 2.62 bits per heavy atom. The molecule has 3 aromatic rings. The minimum absolute atomic E-state index is 0.0444. The Kier molecular flexibility index (Phi) is 10.9. The first kappa shape index (κ1) is 29.9. The predicted octanol–water partition coefficient (Wildman–Crippen LogP) is 7.03. The summed E-state index contributed by atoms with van der Waals surface area (Å²) in [5.41, 5.74) is 2.32. The van der Waals surface area contributed by atoms with Crippen LogP contribution in [0.25, 0.3) is 0 Å². The molecule has 12 heteroatoms. The molecule has 1 aliphatic rings. The van der Waals surface area contributed by atoms with Crippen molar-refractivity contribution in [3.05, 3.63) is 68.7 Å². The Hall–Kier alpha value is -3.08. The lowest BCUT2D eigenvalue weighted by atomic mass is 9.97. The van der Waals surface area contributed by atoms with Crippen LogP contribution in [0.5, 0.6) is 0 Å². The maximum atomic E-state index is 12.4. The molecule has 0 radical (unpaired) electrons. The number of nitrogens with zero attached hydrogens (tertiary/aromatic N) is 3. The number of likely N-dealkylation sites (tertiary alicyclic amines) is 1. The minimum Gasteiger partial charge on any atom is -0.369 e. The van der Waals surface area contributed by atoms with Crippen molar-refractivity contribution < 1.29 is 9.59 Å². The fourth-order valence-corrected chi connectivity index (χ4v) is 5.19. The van der Waals surface area contributed by atoms with Crippen molar-refractivity contribution >= 4 is 74.2 Å². The van der Waals surface area contributed by atoms with Crippen LogP contribution in [0.4, 0.5) is 27.9 Å². The number of nitrogens with one attached hydrogen (secondary N) is 4. The first-order valence-electron chi connectivity index (χ1n) is 13.2. The molecule has 1 atom stereocenters. The highest BCUT2D eigenvalue weighted by molar-refractivity contribution is 9.10.